The largest absolute Gasteiger partial charge is 0.311 e. The second-order valence-corrected chi connectivity index (χ2v) is 5.14. The van der Waals surface area contributed by atoms with E-state index < -0.39 is 0 Å². The van der Waals surface area contributed by atoms with Gasteiger partial charge in [0.25, 0.3) is 0 Å². The molecule has 1 aromatic carbocycles. The summed E-state index contributed by atoms with van der Waals surface area (Å²) in [7, 11) is 0. The van der Waals surface area contributed by atoms with E-state index in [4.69, 9.17) is 0 Å². The first kappa shape index (κ1) is 13.2. The van der Waals surface area contributed by atoms with Crippen LogP contribution in [0.3, 0.4) is 0 Å². The van der Waals surface area contributed by atoms with Crippen LogP contribution in [0.4, 0.5) is 0 Å². The van der Waals surface area contributed by atoms with E-state index in [2.05, 4.69) is 57.5 Å². The molecule has 0 saturated heterocycles. The van der Waals surface area contributed by atoms with Crippen LogP contribution in [-0.2, 0) is 6.54 Å². The molecule has 2 aromatic rings. The zero-order valence-electron chi connectivity index (χ0n) is 10.7. The lowest BCUT2D eigenvalue weighted by molar-refractivity contribution is 0.662. The van der Waals surface area contributed by atoms with Crippen LogP contribution in [0.5, 0.6) is 0 Å². The highest BCUT2D eigenvalue weighted by molar-refractivity contribution is 9.10. The van der Waals surface area contributed by atoms with Crippen molar-refractivity contribution in [2.75, 3.05) is 6.54 Å². The predicted molar refractivity (Wildman–Crippen MR) is 75.8 cm³/mol. The summed E-state index contributed by atoms with van der Waals surface area (Å²) in [6.07, 6.45) is 3.08. The number of nitrogens with zero attached hydrogens (tertiary/aromatic N) is 3. The van der Waals surface area contributed by atoms with Crippen molar-refractivity contribution in [1.82, 2.24) is 20.3 Å². The molecule has 0 amide bonds. The maximum atomic E-state index is 4.16. The summed E-state index contributed by atoms with van der Waals surface area (Å²) in [5.74, 6) is 0. The number of aromatic nitrogens is 3. The van der Waals surface area contributed by atoms with Crippen LogP contribution in [0.1, 0.15) is 24.6 Å². The maximum absolute atomic E-state index is 4.16. The van der Waals surface area contributed by atoms with Gasteiger partial charge in [0, 0.05) is 11.0 Å². The average Bonchev–Trinajstić information content (AvgIpc) is 2.81. The molecule has 0 radical (unpaired) electrons. The van der Waals surface area contributed by atoms with Crippen molar-refractivity contribution in [3.63, 3.8) is 0 Å². The third kappa shape index (κ3) is 3.17. The van der Waals surface area contributed by atoms with Gasteiger partial charge in [-0.05, 0) is 53.5 Å². The minimum absolute atomic E-state index is 0.761. The lowest BCUT2D eigenvalue weighted by Gasteiger charge is -2.04. The van der Waals surface area contributed by atoms with Crippen molar-refractivity contribution >= 4 is 15.9 Å². The van der Waals surface area contributed by atoms with E-state index in [0.717, 1.165) is 35.4 Å². The van der Waals surface area contributed by atoms with E-state index in [-0.39, 0.29) is 0 Å². The fourth-order valence-electron chi connectivity index (χ4n) is 1.69. The van der Waals surface area contributed by atoms with Crippen LogP contribution >= 0.6 is 15.9 Å². The first-order valence-corrected chi connectivity index (χ1v) is 6.88. The summed E-state index contributed by atoms with van der Waals surface area (Å²) in [5, 5.41) is 11.6. The Kier molecular flexibility index (Phi) is 4.49. The zero-order valence-corrected chi connectivity index (χ0v) is 12.2. The molecule has 0 unspecified atom stereocenters. The van der Waals surface area contributed by atoms with E-state index in [1.54, 1.807) is 4.68 Å². The van der Waals surface area contributed by atoms with Crippen molar-refractivity contribution in [2.24, 2.45) is 0 Å². The number of hydrogen-bond donors (Lipinski definition) is 1. The highest BCUT2D eigenvalue weighted by Crippen LogP contribution is 2.21. The van der Waals surface area contributed by atoms with Gasteiger partial charge in [0.05, 0.1) is 17.6 Å². The molecule has 0 spiro atoms. The molecule has 0 aliphatic rings. The Balaban J connectivity index is 2.16. The quantitative estimate of drug-likeness (QED) is 0.864. The molecule has 0 fully saturated rings. The fourth-order valence-corrected chi connectivity index (χ4v) is 2.12. The van der Waals surface area contributed by atoms with Crippen molar-refractivity contribution in [1.29, 1.82) is 0 Å². The highest BCUT2D eigenvalue weighted by Gasteiger charge is 2.06. The Hall–Kier alpha value is -1.20. The molecule has 96 valence electrons. The second kappa shape index (κ2) is 6.11. The van der Waals surface area contributed by atoms with Crippen LogP contribution < -0.4 is 5.32 Å². The standard InChI is InChI=1S/C13H17BrN4/c1-3-6-15-8-11-9-18(17-16-11)13-7-10(2)4-5-12(13)14/h4-5,7,9,15H,3,6,8H2,1-2H3. The lowest BCUT2D eigenvalue weighted by Crippen LogP contribution is -2.13. The zero-order chi connectivity index (χ0) is 13.0. The molecule has 2 rings (SSSR count). The number of hydrogen-bond acceptors (Lipinski definition) is 3. The fraction of sp³-hybridized carbons (Fsp3) is 0.385. The number of aryl methyl sites for hydroxylation is 1. The lowest BCUT2D eigenvalue weighted by atomic mass is 10.2. The number of nitrogens with one attached hydrogen (secondary N) is 1. The first-order valence-electron chi connectivity index (χ1n) is 6.09. The SMILES string of the molecule is CCCNCc1cn(-c2cc(C)ccc2Br)nn1. The third-order valence-corrected chi connectivity index (χ3v) is 3.29. The Labute approximate surface area is 116 Å². The molecule has 0 atom stereocenters. The van der Waals surface area contributed by atoms with Crippen LogP contribution in [0.2, 0.25) is 0 Å². The summed E-state index contributed by atoms with van der Waals surface area (Å²) in [6, 6.07) is 6.18. The highest BCUT2D eigenvalue weighted by atomic mass is 79.9. The summed E-state index contributed by atoms with van der Waals surface area (Å²) in [5.41, 5.74) is 3.18. The van der Waals surface area contributed by atoms with E-state index >= 15 is 0 Å². The summed E-state index contributed by atoms with van der Waals surface area (Å²) in [6.45, 7) is 5.97. The van der Waals surface area contributed by atoms with Gasteiger partial charge in [0.1, 0.15) is 0 Å². The molecule has 18 heavy (non-hydrogen) atoms. The van der Waals surface area contributed by atoms with Gasteiger partial charge in [0.2, 0.25) is 0 Å². The number of halogens is 1. The van der Waals surface area contributed by atoms with Gasteiger partial charge in [-0.3, -0.25) is 0 Å². The molecular weight excluding hydrogens is 292 g/mol. The van der Waals surface area contributed by atoms with Gasteiger partial charge in [-0.15, -0.1) is 5.10 Å². The molecule has 0 aliphatic heterocycles. The molecule has 0 bridgehead atoms. The monoisotopic (exact) mass is 308 g/mol. The molecular formula is C13H17BrN4. The molecule has 0 saturated carbocycles. The van der Waals surface area contributed by atoms with E-state index in [9.17, 15) is 0 Å². The van der Waals surface area contributed by atoms with Gasteiger partial charge in [-0.1, -0.05) is 18.2 Å². The molecule has 4 nitrogen and oxygen atoms in total. The summed E-state index contributed by atoms with van der Waals surface area (Å²) in [4.78, 5) is 0. The van der Waals surface area contributed by atoms with Crippen molar-refractivity contribution < 1.29 is 0 Å². The van der Waals surface area contributed by atoms with E-state index in [1.165, 1.54) is 5.56 Å². The van der Waals surface area contributed by atoms with Gasteiger partial charge < -0.3 is 5.32 Å². The second-order valence-electron chi connectivity index (χ2n) is 4.29. The smallest absolute Gasteiger partial charge is 0.0969 e. The Morgan fingerprint density at radius 1 is 1.39 bits per heavy atom. The molecule has 1 aromatic heterocycles. The van der Waals surface area contributed by atoms with Gasteiger partial charge in [-0.2, -0.15) is 0 Å². The van der Waals surface area contributed by atoms with Crippen LogP contribution in [0.15, 0.2) is 28.9 Å². The van der Waals surface area contributed by atoms with E-state index in [1.807, 2.05) is 12.3 Å². The van der Waals surface area contributed by atoms with Crippen LogP contribution in [0, 0.1) is 6.92 Å². The molecule has 0 aliphatic carbocycles. The minimum Gasteiger partial charge on any atom is -0.311 e. The topological polar surface area (TPSA) is 42.7 Å². The Morgan fingerprint density at radius 3 is 3.00 bits per heavy atom. The predicted octanol–water partition coefficient (Wildman–Crippen LogP) is 2.84. The van der Waals surface area contributed by atoms with Crippen molar-refractivity contribution in [3.05, 3.63) is 40.1 Å². The summed E-state index contributed by atoms with van der Waals surface area (Å²) >= 11 is 3.54. The molecule has 1 heterocycles. The maximum Gasteiger partial charge on any atom is 0.0969 e. The van der Waals surface area contributed by atoms with Crippen molar-refractivity contribution in [3.8, 4) is 5.69 Å². The summed E-state index contributed by atoms with van der Waals surface area (Å²) < 4.78 is 2.83. The number of rotatable bonds is 5. The van der Waals surface area contributed by atoms with E-state index in [0.29, 0.717) is 0 Å². The number of benzene rings is 1. The van der Waals surface area contributed by atoms with Gasteiger partial charge in [-0.25, -0.2) is 4.68 Å². The Morgan fingerprint density at radius 2 is 2.22 bits per heavy atom. The molecule has 5 heteroatoms. The third-order valence-electron chi connectivity index (χ3n) is 2.62. The van der Waals surface area contributed by atoms with Gasteiger partial charge >= 0.3 is 0 Å². The minimum atomic E-state index is 0.761. The normalized spacial score (nSPS) is 10.8. The van der Waals surface area contributed by atoms with Crippen molar-refractivity contribution in [2.45, 2.75) is 26.8 Å². The van der Waals surface area contributed by atoms with Crippen LogP contribution in [0.25, 0.3) is 5.69 Å². The van der Waals surface area contributed by atoms with Crippen LogP contribution in [-0.4, -0.2) is 21.5 Å². The Bertz CT molecular complexity index is 521. The first-order chi connectivity index (χ1) is 8.70. The molecule has 1 N–H and O–H groups in total. The average molecular weight is 309 g/mol. The van der Waals surface area contributed by atoms with Gasteiger partial charge in [0.15, 0.2) is 0 Å².